The Balaban J connectivity index is 0.00000480. The van der Waals surface area contributed by atoms with Crippen LogP contribution in [-0.4, -0.2) is 39.2 Å². The number of guanidine groups is 1. The molecule has 31 heavy (non-hydrogen) atoms. The number of nitrogens with zero attached hydrogens (tertiary/aromatic N) is 1. The molecule has 0 saturated carbocycles. The molecule has 11 heteroatoms. The van der Waals surface area contributed by atoms with Crippen LogP contribution < -0.4 is 25.4 Å². The third-order valence-corrected chi connectivity index (χ3v) is 4.21. The molecule has 0 unspecified atom stereocenters. The molecule has 0 aliphatic heterocycles. The Hall–Kier alpha value is -2.34. The van der Waals surface area contributed by atoms with Crippen LogP contribution in [0.1, 0.15) is 11.1 Å². The maximum absolute atomic E-state index is 12.5. The molecule has 0 bridgehead atoms. The lowest BCUT2D eigenvalue weighted by Gasteiger charge is -2.15. The van der Waals surface area contributed by atoms with Crippen molar-refractivity contribution in [2.45, 2.75) is 19.7 Å². The highest BCUT2D eigenvalue weighted by atomic mass is 127. The highest BCUT2D eigenvalue weighted by molar-refractivity contribution is 14.0. The lowest BCUT2D eigenvalue weighted by Crippen LogP contribution is -2.42. The molecule has 0 fully saturated rings. The van der Waals surface area contributed by atoms with Gasteiger partial charge in [-0.05, 0) is 35.9 Å². The molecule has 1 amide bonds. The van der Waals surface area contributed by atoms with Crippen molar-refractivity contribution in [3.8, 4) is 11.5 Å². The van der Waals surface area contributed by atoms with E-state index in [1.807, 2.05) is 24.3 Å². The molecule has 0 radical (unpaired) electrons. The molecule has 2 aromatic carbocycles. The van der Waals surface area contributed by atoms with Gasteiger partial charge in [-0.25, -0.2) is 0 Å². The van der Waals surface area contributed by atoms with Crippen molar-refractivity contribution >= 4 is 47.4 Å². The monoisotopic (exact) mass is 568 g/mol. The third kappa shape index (κ3) is 9.55. The van der Waals surface area contributed by atoms with E-state index < -0.39 is 6.61 Å². The van der Waals surface area contributed by atoms with Crippen molar-refractivity contribution < 1.29 is 23.0 Å². The van der Waals surface area contributed by atoms with E-state index in [1.165, 1.54) is 25.2 Å². The van der Waals surface area contributed by atoms with Crippen molar-refractivity contribution in [2.75, 3.05) is 20.7 Å². The summed E-state index contributed by atoms with van der Waals surface area (Å²) in [5.74, 6) is 0.828. The molecule has 0 aliphatic rings. The number of hydrogen-bond acceptors (Lipinski definition) is 4. The van der Waals surface area contributed by atoms with Gasteiger partial charge in [0.05, 0.1) is 13.7 Å². The van der Waals surface area contributed by atoms with E-state index in [4.69, 9.17) is 16.3 Å². The lowest BCUT2D eigenvalue weighted by molar-refractivity contribution is -0.120. The van der Waals surface area contributed by atoms with E-state index in [0.29, 0.717) is 23.1 Å². The summed E-state index contributed by atoms with van der Waals surface area (Å²) in [6, 6.07) is 11.7. The quantitative estimate of drug-likeness (QED) is 0.245. The van der Waals surface area contributed by atoms with E-state index in [1.54, 1.807) is 7.11 Å². The van der Waals surface area contributed by atoms with Crippen LogP contribution in [0.15, 0.2) is 47.5 Å². The van der Waals surface area contributed by atoms with Gasteiger partial charge in [0.25, 0.3) is 0 Å². The Labute approximate surface area is 201 Å². The molecule has 170 valence electrons. The summed E-state index contributed by atoms with van der Waals surface area (Å²) in [6.45, 7) is -2.48. The topological polar surface area (TPSA) is 84.0 Å². The molecule has 0 aliphatic carbocycles. The van der Waals surface area contributed by atoms with Gasteiger partial charge in [-0.2, -0.15) is 8.78 Å². The lowest BCUT2D eigenvalue weighted by atomic mass is 10.2. The minimum absolute atomic E-state index is 0. The molecule has 0 heterocycles. The average Bonchev–Trinajstić information content (AvgIpc) is 2.74. The number of alkyl halides is 2. The number of benzene rings is 2. The Kier molecular flexibility index (Phi) is 11.9. The van der Waals surface area contributed by atoms with Crippen LogP contribution in [0.2, 0.25) is 5.02 Å². The van der Waals surface area contributed by atoms with Gasteiger partial charge in [0.15, 0.2) is 5.96 Å². The summed E-state index contributed by atoms with van der Waals surface area (Å²) in [6.07, 6.45) is 0. The largest absolute Gasteiger partial charge is 0.497 e. The van der Waals surface area contributed by atoms with Crippen molar-refractivity contribution in [1.82, 2.24) is 16.0 Å². The maximum Gasteiger partial charge on any atom is 0.387 e. The zero-order chi connectivity index (χ0) is 21.9. The van der Waals surface area contributed by atoms with Crippen molar-refractivity contribution in [2.24, 2.45) is 4.99 Å². The number of amides is 1. The van der Waals surface area contributed by atoms with Crippen molar-refractivity contribution in [3.63, 3.8) is 0 Å². The standard InChI is InChI=1S/C20H23ClF2N4O3.HI/c1-24-20(26-11-14-9-15(21)5-8-17(14)30-19(22)23)27-12-18(28)25-10-13-3-6-16(29-2)7-4-13;/h3-9,19H,10-12H2,1-2H3,(H,25,28)(H2,24,26,27);1H. The number of halogens is 4. The highest BCUT2D eigenvalue weighted by Gasteiger charge is 2.11. The first-order valence-corrected chi connectivity index (χ1v) is 9.36. The fraction of sp³-hybridized carbons (Fsp3) is 0.300. The molecule has 2 aromatic rings. The molecule has 7 nitrogen and oxygen atoms in total. The van der Waals surface area contributed by atoms with Crippen LogP contribution in [0, 0.1) is 0 Å². The van der Waals surface area contributed by atoms with Crippen LogP contribution in [0.5, 0.6) is 11.5 Å². The molecular formula is C20H24ClF2IN4O3. The average molecular weight is 569 g/mol. The number of methoxy groups -OCH3 is 1. The number of nitrogens with one attached hydrogen (secondary N) is 3. The van der Waals surface area contributed by atoms with Crippen molar-refractivity contribution in [3.05, 3.63) is 58.6 Å². The second-order valence-corrected chi connectivity index (χ2v) is 6.47. The summed E-state index contributed by atoms with van der Waals surface area (Å²) in [5.41, 5.74) is 1.36. The predicted octanol–water partition coefficient (Wildman–Crippen LogP) is 3.55. The Bertz CT molecular complexity index is 870. The minimum atomic E-state index is -2.95. The number of rotatable bonds is 9. The molecule has 2 rings (SSSR count). The van der Waals surface area contributed by atoms with Gasteiger partial charge < -0.3 is 25.4 Å². The molecule has 3 N–H and O–H groups in total. The van der Waals surface area contributed by atoms with Gasteiger partial charge in [0, 0.05) is 30.7 Å². The zero-order valence-electron chi connectivity index (χ0n) is 17.0. The molecule has 0 saturated heterocycles. The van der Waals surface area contributed by atoms with Gasteiger partial charge >= 0.3 is 6.61 Å². The first-order valence-electron chi connectivity index (χ1n) is 8.98. The first kappa shape index (κ1) is 26.7. The molecular weight excluding hydrogens is 545 g/mol. The second kappa shape index (κ2) is 13.9. The fourth-order valence-electron chi connectivity index (χ4n) is 2.47. The van der Waals surface area contributed by atoms with Crippen LogP contribution >= 0.6 is 35.6 Å². The van der Waals surface area contributed by atoms with Crippen molar-refractivity contribution in [1.29, 1.82) is 0 Å². The SMILES string of the molecule is CN=C(NCC(=O)NCc1ccc(OC)cc1)NCc1cc(Cl)ccc1OC(F)F.I. The predicted molar refractivity (Wildman–Crippen MR) is 127 cm³/mol. The van der Waals surface area contributed by atoms with Gasteiger partial charge in [0.1, 0.15) is 11.5 Å². The van der Waals surface area contributed by atoms with Gasteiger partial charge in [-0.15, -0.1) is 24.0 Å². The number of hydrogen-bond donors (Lipinski definition) is 3. The Morgan fingerprint density at radius 2 is 1.81 bits per heavy atom. The summed E-state index contributed by atoms with van der Waals surface area (Å²) in [7, 11) is 3.11. The summed E-state index contributed by atoms with van der Waals surface area (Å²) in [4.78, 5) is 16.1. The Morgan fingerprint density at radius 1 is 1.10 bits per heavy atom. The van der Waals surface area contributed by atoms with Crippen LogP contribution in [-0.2, 0) is 17.9 Å². The van der Waals surface area contributed by atoms with Crippen LogP contribution in [0.25, 0.3) is 0 Å². The summed E-state index contributed by atoms with van der Waals surface area (Å²) >= 11 is 5.93. The van der Waals surface area contributed by atoms with Crippen LogP contribution in [0.3, 0.4) is 0 Å². The number of ether oxygens (including phenoxy) is 2. The fourth-order valence-corrected chi connectivity index (χ4v) is 2.66. The molecule has 0 spiro atoms. The number of aliphatic imine (C=N–C) groups is 1. The minimum Gasteiger partial charge on any atom is -0.497 e. The molecule has 0 atom stereocenters. The third-order valence-electron chi connectivity index (χ3n) is 3.97. The maximum atomic E-state index is 12.5. The Morgan fingerprint density at radius 3 is 2.42 bits per heavy atom. The van der Waals surface area contributed by atoms with Crippen LogP contribution in [0.4, 0.5) is 8.78 Å². The van der Waals surface area contributed by atoms with Gasteiger partial charge in [-0.3, -0.25) is 9.79 Å². The normalized spacial score (nSPS) is 10.8. The van der Waals surface area contributed by atoms with Gasteiger partial charge in [0.2, 0.25) is 5.91 Å². The second-order valence-electron chi connectivity index (χ2n) is 6.03. The summed E-state index contributed by atoms with van der Waals surface area (Å²) in [5, 5.41) is 8.95. The van der Waals surface area contributed by atoms with E-state index >= 15 is 0 Å². The molecule has 0 aromatic heterocycles. The number of carbonyl (C=O) groups is 1. The van der Waals surface area contributed by atoms with E-state index in [0.717, 1.165) is 11.3 Å². The number of carbonyl (C=O) groups excluding carboxylic acids is 1. The van der Waals surface area contributed by atoms with E-state index in [-0.39, 0.29) is 48.7 Å². The van der Waals surface area contributed by atoms with E-state index in [2.05, 4.69) is 25.7 Å². The zero-order valence-corrected chi connectivity index (χ0v) is 20.0. The summed E-state index contributed by atoms with van der Waals surface area (Å²) < 4.78 is 34.7. The first-order chi connectivity index (χ1) is 14.4. The van der Waals surface area contributed by atoms with Gasteiger partial charge in [-0.1, -0.05) is 23.7 Å². The smallest absolute Gasteiger partial charge is 0.387 e. The van der Waals surface area contributed by atoms with E-state index in [9.17, 15) is 13.6 Å². The highest BCUT2D eigenvalue weighted by Crippen LogP contribution is 2.24.